The van der Waals surface area contributed by atoms with Gasteiger partial charge in [0.05, 0.1) is 6.61 Å². The van der Waals surface area contributed by atoms with E-state index in [0.717, 1.165) is 83.5 Å². The van der Waals surface area contributed by atoms with Crippen LogP contribution in [0.5, 0.6) is 0 Å². The van der Waals surface area contributed by atoms with E-state index < -0.39 is 6.10 Å². The molecule has 5 heteroatoms. The van der Waals surface area contributed by atoms with Crippen LogP contribution in [0.2, 0.25) is 0 Å². The van der Waals surface area contributed by atoms with Gasteiger partial charge in [0.1, 0.15) is 6.61 Å². The number of hydrogen-bond donors (Lipinski definition) is 1. The Labute approximate surface area is 523 Å². The molecule has 0 aromatic carbocycles. The number of aliphatic hydroxyl groups excluding tert-OH is 1. The summed E-state index contributed by atoms with van der Waals surface area (Å²) in [5.41, 5.74) is 0. The van der Waals surface area contributed by atoms with Crippen LogP contribution in [-0.4, -0.2) is 36.4 Å². The molecule has 0 heterocycles. The summed E-state index contributed by atoms with van der Waals surface area (Å²) in [4.78, 5) is 24.7. The molecule has 84 heavy (non-hydrogen) atoms. The number of rotatable bonds is 68. The van der Waals surface area contributed by atoms with E-state index in [1.807, 2.05) is 0 Å². The number of carbonyl (C=O) groups excluding carboxylic acids is 2. The van der Waals surface area contributed by atoms with Gasteiger partial charge in [-0.1, -0.05) is 361 Å². The summed E-state index contributed by atoms with van der Waals surface area (Å²) in [5.74, 6) is -0.573. The van der Waals surface area contributed by atoms with Crippen molar-refractivity contribution in [1.82, 2.24) is 0 Å². The Morgan fingerprint density at radius 3 is 0.774 bits per heavy atom. The molecule has 0 aliphatic heterocycles. The predicted octanol–water partition coefficient (Wildman–Crippen LogP) is 25.8. The van der Waals surface area contributed by atoms with Crippen molar-refractivity contribution in [1.29, 1.82) is 0 Å². The molecule has 486 valence electrons. The highest BCUT2D eigenvalue weighted by Gasteiger charge is 2.16. The zero-order valence-corrected chi connectivity index (χ0v) is 55.9. The molecule has 1 N–H and O–H groups in total. The SMILES string of the molecule is CC/C=C\C/C=C\C/C=C\C/C=C\C/C=C\CCCCCCCCCCCCCCCCCCCCCCCC(=O)OC(CO)COC(=O)CCCCCCCCCCCCCCCCCCCC/C=C\C/C=C\C/C=C\CCCCCCC. The van der Waals surface area contributed by atoms with E-state index in [1.165, 1.54) is 263 Å². The smallest absolute Gasteiger partial charge is 0.306 e. The minimum absolute atomic E-state index is 0.0636. The van der Waals surface area contributed by atoms with E-state index in [4.69, 9.17) is 9.47 Å². The molecule has 0 aromatic rings. The van der Waals surface area contributed by atoms with Crippen molar-refractivity contribution >= 4 is 11.9 Å². The van der Waals surface area contributed by atoms with Gasteiger partial charge >= 0.3 is 11.9 Å². The molecule has 0 aliphatic carbocycles. The van der Waals surface area contributed by atoms with Crippen molar-refractivity contribution in [2.75, 3.05) is 13.2 Å². The summed E-state index contributed by atoms with van der Waals surface area (Å²) < 4.78 is 10.8. The van der Waals surface area contributed by atoms with Gasteiger partial charge in [0.15, 0.2) is 6.10 Å². The van der Waals surface area contributed by atoms with Crippen LogP contribution in [0.4, 0.5) is 0 Å². The van der Waals surface area contributed by atoms with Crippen LogP contribution in [-0.2, 0) is 19.1 Å². The first-order valence-corrected chi connectivity index (χ1v) is 36.8. The summed E-state index contributed by atoms with van der Waals surface area (Å²) in [6, 6.07) is 0. The third-order valence-corrected chi connectivity index (χ3v) is 16.4. The Kier molecular flexibility index (Phi) is 71.3. The van der Waals surface area contributed by atoms with Gasteiger partial charge in [0.25, 0.3) is 0 Å². The molecule has 0 aliphatic rings. The average molecular weight is 1170 g/mol. The first-order chi connectivity index (χ1) is 41.6. The summed E-state index contributed by atoms with van der Waals surface area (Å²) in [6.07, 6.45) is 106. The molecular formula is C79H140O5. The number of hydrogen-bond acceptors (Lipinski definition) is 5. The standard InChI is InChI=1S/C79H140O5/c1-3-5-7-9-11-13-15-17-19-21-23-25-27-29-31-33-35-37-38-39-40-42-44-46-48-50-52-54-56-58-60-62-64-66-68-70-72-74-79(82)84-77(75-80)76-83-78(81)73-71-69-67-65-63-61-59-57-55-53-51-49-47-45-43-41-36-34-32-30-28-26-24-22-20-18-16-14-12-10-8-6-4-2/h5,7,11,13,16-19,22-25,28-31,77,80H,3-4,6,8-10,12,14-15,20-21,26-27,32-76H2,1-2H3/b7-5-,13-11-,18-16-,19-17-,24-22-,25-23-,30-28-,31-29-. The van der Waals surface area contributed by atoms with Gasteiger partial charge in [-0.05, 0) is 96.3 Å². The molecule has 0 aromatic heterocycles. The molecule has 0 radical (unpaired) electrons. The van der Waals surface area contributed by atoms with Crippen molar-refractivity contribution in [3.63, 3.8) is 0 Å². The van der Waals surface area contributed by atoms with Gasteiger partial charge in [0, 0.05) is 12.8 Å². The topological polar surface area (TPSA) is 72.8 Å². The number of aliphatic hydroxyl groups is 1. The largest absolute Gasteiger partial charge is 0.462 e. The third-order valence-electron chi connectivity index (χ3n) is 16.4. The van der Waals surface area contributed by atoms with Gasteiger partial charge in [-0.15, -0.1) is 0 Å². The van der Waals surface area contributed by atoms with Crippen molar-refractivity contribution in [2.24, 2.45) is 0 Å². The predicted molar refractivity (Wildman–Crippen MR) is 371 cm³/mol. The van der Waals surface area contributed by atoms with Gasteiger partial charge in [-0.25, -0.2) is 0 Å². The number of allylic oxidation sites excluding steroid dienone is 16. The van der Waals surface area contributed by atoms with Crippen LogP contribution in [0.15, 0.2) is 97.2 Å². The summed E-state index contributed by atoms with van der Waals surface area (Å²) in [6.45, 7) is 4.06. The zero-order valence-electron chi connectivity index (χ0n) is 55.9. The molecule has 1 atom stereocenters. The summed E-state index contributed by atoms with van der Waals surface area (Å²) >= 11 is 0. The Bertz CT molecular complexity index is 1560. The Hall–Kier alpha value is -3.18. The Morgan fingerprint density at radius 2 is 0.512 bits per heavy atom. The lowest BCUT2D eigenvalue weighted by molar-refractivity contribution is -0.161. The zero-order chi connectivity index (χ0) is 60.5. The van der Waals surface area contributed by atoms with Crippen LogP contribution in [0.1, 0.15) is 373 Å². The minimum atomic E-state index is -0.775. The lowest BCUT2D eigenvalue weighted by atomic mass is 10.0. The first kappa shape index (κ1) is 80.8. The molecule has 5 nitrogen and oxygen atoms in total. The highest BCUT2D eigenvalue weighted by molar-refractivity contribution is 5.70. The van der Waals surface area contributed by atoms with Crippen molar-refractivity contribution < 1.29 is 24.2 Å². The maximum Gasteiger partial charge on any atom is 0.306 e. The minimum Gasteiger partial charge on any atom is -0.462 e. The monoisotopic (exact) mass is 1170 g/mol. The fourth-order valence-corrected chi connectivity index (χ4v) is 10.9. The van der Waals surface area contributed by atoms with Crippen LogP contribution in [0.3, 0.4) is 0 Å². The molecular weight excluding hydrogens is 1030 g/mol. The molecule has 0 bridgehead atoms. The Balaban J connectivity index is 3.42. The lowest BCUT2D eigenvalue weighted by Crippen LogP contribution is -2.28. The second-order valence-corrected chi connectivity index (χ2v) is 24.6. The Morgan fingerprint density at radius 1 is 0.286 bits per heavy atom. The second-order valence-electron chi connectivity index (χ2n) is 24.6. The summed E-state index contributed by atoms with van der Waals surface area (Å²) in [7, 11) is 0. The fourth-order valence-electron chi connectivity index (χ4n) is 10.9. The normalized spacial score (nSPS) is 12.8. The molecule has 0 amide bonds. The van der Waals surface area contributed by atoms with E-state index in [1.54, 1.807) is 0 Å². The average Bonchev–Trinajstić information content (AvgIpc) is 3.51. The second kappa shape index (κ2) is 74.1. The van der Waals surface area contributed by atoms with Crippen LogP contribution in [0, 0.1) is 0 Å². The van der Waals surface area contributed by atoms with Crippen molar-refractivity contribution in [3.8, 4) is 0 Å². The van der Waals surface area contributed by atoms with E-state index in [9.17, 15) is 14.7 Å². The third kappa shape index (κ3) is 71.3. The fraction of sp³-hybridized carbons (Fsp3) is 0.772. The van der Waals surface area contributed by atoms with Crippen LogP contribution >= 0.6 is 0 Å². The van der Waals surface area contributed by atoms with Gasteiger partial charge in [-0.2, -0.15) is 0 Å². The number of ether oxygens (including phenoxy) is 2. The van der Waals surface area contributed by atoms with Gasteiger partial charge < -0.3 is 14.6 Å². The van der Waals surface area contributed by atoms with E-state index in [0.29, 0.717) is 12.8 Å². The number of unbranched alkanes of at least 4 members (excludes halogenated alkanes) is 44. The number of carbonyl (C=O) groups is 2. The molecule has 0 rings (SSSR count). The van der Waals surface area contributed by atoms with Crippen LogP contribution < -0.4 is 0 Å². The molecule has 0 saturated heterocycles. The van der Waals surface area contributed by atoms with Crippen LogP contribution in [0.25, 0.3) is 0 Å². The first-order valence-electron chi connectivity index (χ1n) is 36.8. The molecule has 0 fully saturated rings. The van der Waals surface area contributed by atoms with Gasteiger partial charge in [-0.3, -0.25) is 9.59 Å². The highest BCUT2D eigenvalue weighted by atomic mass is 16.6. The van der Waals surface area contributed by atoms with Crippen molar-refractivity contribution in [2.45, 2.75) is 380 Å². The summed E-state index contributed by atoms with van der Waals surface area (Å²) in [5, 5.41) is 9.72. The van der Waals surface area contributed by atoms with E-state index in [2.05, 4.69) is 111 Å². The van der Waals surface area contributed by atoms with Crippen molar-refractivity contribution in [3.05, 3.63) is 97.2 Å². The maximum atomic E-state index is 12.4. The highest BCUT2D eigenvalue weighted by Crippen LogP contribution is 2.18. The maximum absolute atomic E-state index is 12.4. The number of esters is 2. The molecule has 0 spiro atoms. The quantitative estimate of drug-likeness (QED) is 0.0373. The van der Waals surface area contributed by atoms with E-state index >= 15 is 0 Å². The lowest BCUT2D eigenvalue weighted by Gasteiger charge is -2.15. The molecule has 0 saturated carbocycles. The van der Waals surface area contributed by atoms with Gasteiger partial charge in [0.2, 0.25) is 0 Å². The van der Waals surface area contributed by atoms with E-state index in [-0.39, 0.29) is 25.2 Å². The molecule has 1 unspecified atom stereocenters.